The monoisotopic (exact) mass is 480 g/mol. The van der Waals surface area contributed by atoms with Crippen molar-refractivity contribution in [3.63, 3.8) is 0 Å². The topological polar surface area (TPSA) is 83.8 Å². The SMILES string of the molecule is Cc1cc(F)cc(C)c1C(=O)c1sc2cc(O)ccc2c1Oc1ccc(/C=C/C(=O)O)cc1F. The number of ketones is 1. The first-order chi connectivity index (χ1) is 16.1. The minimum Gasteiger partial charge on any atom is -0.508 e. The zero-order chi connectivity index (χ0) is 24.6. The molecule has 0 aliphatic heterocycles. The van der Waals surface area contributed by atoms with E-state index < -0.39 is 23.4 Å². The Kier molecular flexibility index (Phi) is 6.17. The van der Waals surface area contributed by atoms with Crippen molar-refractivity contribution in [3.8, 4) is 17.2 Å². The number of aryl methyl sites for hydroxylation is 2. The molecule has 0 saturated carbocycles. The van der Waals surface area contributed by atoms with Crippen LogP contribution in [-0.2, 0) is 4.79 Å². The second-order valence-electron chi connectivity index (χ2n) is 7.65. The number of hydrogen-bond donors (Lipinski definition) is 2. The van der Waals surface area contributed by atoms with Crippen LogP contribution in [0.1, 0.15) is 31.9 Å². The van der Waals surface area contributed by atoms with Crippen LogP contribution in [-0.4, -0.2) is 22.0 Å². The van der Waals surface area contributed by atoms with Crippen LogP contribution in [0.2, 0.25) is 0 Å². The van der Waals surface area contributed by atoms with Gasteiger partial charge in [-0.05, 0) is 79.1 Å². The van der Waals surface area contributed by atoms with Gasteiger partial charge in [0.25, 0.3) is 0 Å². The van der Waals surface area contributed by atoms with E-state index in [1.807, 2.05) is 0 Å². The summed E-state index contributed by atoms with van der Waals surface area (Å²) >= 11 is 1.08. The third-order valence-corrected chi connectivity index (χ3v) is 6.28. The van der Waals surface area contributed by atoms with Crippen molar-refractivity contribution in [1.82, 2.24) is 0 Å². The Morgan fingerprint density at radius 3 is 2.35 bits per heavy atom. The molecular weight excluding hydrogens is 462 g/mol. The van der Waals surface area contributed by atoms with E-state index in [1.54, 1.807) is 19.9 Å². The molecule has 0 saturated heterocycles. The van der Waals surface area contributed by atoms with Crippen molar-refractivity contribution in [3.05, 3.63) is 93.4 Å². The molecule has 1 heterocycles. The fraction of sp³-hybridized carbons (Fsp3) is 0.0769. The highest BCUT2D eigenvalue weighted by Gasteiger charge is 2.25. The maximum Gasteiger partial charge on any atom is 0.328 e. The molecule has 0 aliphatic rings. The summed E-state index contributed by atoms with van der Waals surface area (Å²) in [4.78, 5) is 24.4. The number of benzene rings is 3. The molecule has 3 aromatic carbocycles. The van der Waals surface area contributed by atoms with Crippen LogP contribution < -0.4 is 4.74 Å². The number of hydrogen-bond acceptors (Lipinski definition) is 5. The number of aromatic hydroxyl groups is 1. The number of phenols is 1. The number of phenolic OH excluding ortho intramolecular Hbond substituents is 1. The molecule has 4 aromatic rings. The van der Waals surface area contributed by atoms with Crippen molar-refractivity contribution in [2.75, 3.05) is 0 Å². The van der Waals surface area contributed by atoms with Gasteiger partial charge in [0, 0.05) is 21.7 Å². The quantitative estimate of drug-likeness (QED) is 0.239. The van der Waals surface area contributed by atoms with Gasteiger partial charge >= 0.3 is 5.97 Å². The molecule has 0 atom stereocenters. The van der Waals surface area contributed by atoms with Gasteiger partial charge in [-0.15, -0.1) is 11.3 Å². The van der Waals surface area contributed by atoms with Gasteiger partial charge in [0.15, 0.2) is 17.3 Å². The lowest BCUT2D eigenvalue weighted by atomic mass is 9.97. The van der Waals surface area contributed by atoms with Crippen LogP contribution in [0.4, 0.5) is 8.78 Å². The number of rotatable bonds is 6. The van der Waals surface area contributed by atoms with Gasteiger partial charge in [0.2, 0.25) is 5.78 Å². The fourth-order valence-corrected chi connectivity index (χ4v) is 4.79. The second-order valence-corrected chi connectivity index (χ2v) is 8.70. The van der Waals surface area contributed by atoms with Crippen LogP contribution in [0.15, 0.2) is 54.6 Å². The molecule has 0 radical (unpaired) electrons. The molecule has 34 heavy (non-hydrogen) atoms. The van der Waals surface area contributed by atoms with Crippen molar-refractivity contribution in [2.24, 2.45) is 0 Å². The summed E-state index contributed by atoms with van der Waals surface area (Å²) in [6, 6.07) is 10.9. The van der Waals surface area contributed by atoms with E-state index in [-0.39, 0.29) is 22.1 Å². The van der Waals surface area contributed by atoms with Gasteiger partial charge in [-0.1, -0.05) is 6.07 Å². The number of fused-ring (bicyclic) bond motifs is 1. The molecule has 4 rings (SSSR count). The predicted octanol–water partition coefficient (Wildman–Crippen LogP) is 6.62. The summed E-state index contributed by atoms with van der Waals surface area (Å²) < 4.78 is 35.0. The number of thiophene rings is 1. The van der Waals surface area contributed by atoms with E-state index in [4.69, 9.17) is 9.84 Å². The van der Waals surface area contributed by atoms with E-state index in [9.17, 15) is 23.5 Å². The molecule has 8 heteroatoms. The highest BCUT2D eigenvalue weighted by atomic mass is 32.1. The molecule has 0 amide bonds. The lowest BCUT2D eigenvalue weighted by Gasteiger charge is -2.12. The van der Waals surface area contributed by atoms with E-state index >= 15 is 0 Å². The van der Waals surface area contributed by atoms with E-state index in [2.05, 4.69) is 0 Å². The maximum atomic E-state index is 14.8. The largest absolute Gasteiger partial charge is 0.508 e. The normalized spacial score (nSPS) is 11.3. The first-order valence-corrected chi connectivity index (χ1v) is 10.9. The molecule has 172 valence electrons. The number of halogens is 2. The first-order valence-electron chi connectivity index (χ1n) is 10.1. The molecule has 0 spiro atoms. The number of carboxylic acid groups (broad SMARTS) is 1. The standard InChI is InChI=1S/C26H18F2O5S/c1-13-9-16(27)10-14(2)23(13)24(32)26-25(18-6-5-17(29)12-21(18)34-26)33-20-7-3-15(11-19(20)28)4-8-22(30)31/h3-12,29H,1-2H3,(H,30,31)/b8-4+. The average molecular weight is 480 g/mol. The number of carbonyl (C=O) groups is 2. The number of carbonyl (C=O) groups excluding carboxylic acids is 1. The molecule has 0 bridgehead atoms. The molecule has 0 aliphatic carbocycles. The predicted molar refractivity (Wildman–Crippen MR) is 126 cm³/mol. The summed E-state index contributed by atoms with van der Waals surface area (Å²) in [6.45, 7) is 3.26. The lowest BCUT2D eigenvalue weighted by molar-refractivity contribution is -0.131. The van der Waals surface area contributed by atoms with E-state index in [1.165, 1.54) is 42.5 Å². The smallest absolute Gasteiger partial charge is 0.328 e. The minimum atomic E-state index is -1.16. The maximum absolute atomic E-state index is 14.8. The average Bonchev–Trinajstić information content (AvgIpc) is 3.10. The minimum absolute atomic E-state index is 0.00538. The summed E-state index contributed by atoms with van der Waals surface area (Å²) in [7, 11) is 0. The summed E-state index contributed by atoms with van der Waals surface area (Å²) in [5.41, 5.74) is 1.54. The van der Waals surface area contributed by atoms with Gasteiger partial charge in [-0.25, -0.2) is 13.6 Å². The second kappa shape index (κ2) is 9.07. The molecular formula is C26H18F2O5S. The zero-order valence-corrected chi connectivity index (χ0v) is 18.9. The number of ether oxygens (including phenoxy) is 1. The van der Waals surface area contributed by atoms with Crippen LogP contribution >= 0.6 is 11.3 Å². The summed E-state index contributed by atoms with van der Waals surface area (Å²) in [5.74, 6) is -2.84. The Labute approximate surface area is 197 Å². The van der Waals surface area contributed by atoms with Gasteiger partial charge in [-0.2, -0.15) is 0 Å². The van der Waals surface area contributed by atoms with Crippen LogP contribution in [0.3, 0.4) is 0 Å². The van der Waals surface area contributed by atoms with Gasteiger partial charge in [0.1, 0.15) is 16.4 Å². The van der Waals surface area contributed by atoms with Gasteiger partial charge in [-0.3, -0.25) is 4.79 Å². The fourth-order valence-electron chi connectivity index (χ4n) is 3.68. The Hall–Kier alpha value is -4.04. The molecule has 2 N–H and O–H groups in total. The van der Waals surface area contributed by atoms with Crippen LogP contribution in [0, 0.1) is 25.5 Å². The van der Waals surface area contributed by atoms with E-state index in [0.717, 1.165) is 23.5 Å². The van der Waals surface area contributed by atoms with Crippen molar-refractivity contribution >= 4 is 39.3 Å². The van der Waals surface area contributed by atoms with Crippen molar-refractivity contribution in [2.45, 2.75) is 13.8 Å². The Balaban J connectivity index is 1.83. The Morgan fingerprint density at radius 2 is 1.71 bits per heavy atom. The molecule has 0 fully saturated rings. The van der Waals surface area contributed by atoms with Gasteiger partial charge in [0.05, 0.1) is 0 Å². The third kappa shape index (κ3) is 4.53. The number of carboxylic acids is 1. The van der Waals surface area contributed by atoms with E-state index in [0.29, 0.717) is 32.3 Å². The van der Waals surface area contributed by atoms with Crippen LogP contribution in [0.25, 0.3) is 16.2 Å². The Bertz CT molecular complexity index is 1460. The summed E-state index contributed by atoms with van der Waals surface area (Å²) in [5, 5.41) is 19.1. The van der Waals surface area contributed by atoms with Gasteiger partial charge < -0.3 is 14.9 Å². The first kappa shape index (κ1) is 23.1. The van der Waals surface area contributed by atoms with Crippen molar-refractivity contribution < 1.29 is 33.3 Å². The molecule has 0 unspecified atom stereocenters. The molecule has 5 nitrogen and oxygen atoms in total. The highest BCUT2D eigenvalue weighted by Crippen LogP contribution is 2.43. The van der Waals surface area contributed by atoms with Crippen LogP contribution in [0.5, 0.6) is 17.2 Å². The Morgan fingerprint density at radius 1 is 1.00 bits per heavy atom. The number of aliphatic carboxylic acids is 1. The van der Waals surface area contributed by atoms with Crippen molar-refractivity contribution in [1.29, 1.82) is 0 Å². The third-order valence-electron chi connectivity index (χ3n) is 5.15. The zero-order valence-electron chi connectivity index (χ0n) is 18.1. The summed E-state index contributed by atoms with van der Waals surface area (Å²) in [6.07, 6.45) is 2.13. The highest BCUT2D eigenvalue weighted by molar-refractivity contribution is 7.21. The molecule has 1 aromatic heterocycles. The lowest BCUT2D eigenvalue weighted by Crippen LogP contribution is -2.06.